The van der Waals surface area contributed by atoms with Crippen LogP contribution in [0.4, 0.5) is 5.69 Å². The van der Waals surface area contributed by atoms with Crippen LogP contribution in [-0.2, 0) is 32.9 Å². The summed E-state index contributed by atoms with van der Waals surface area (Å²) in [5.41, 5.74) is 2.51. The number of rotatable bonds is 7. The van der Waals surface area contributed by atoms with Crippen molar-refractivity contribution in [2.45, 2.75) is 49.3 Å². The van der Waals surface area contributed by atoms with Crippen molar-refractivity contribution in [3.05, 3.63) is 53.6 Å². The molecule has 0 radical (unpaired) electrons. The Kier molecular flexibility index (Phi) is 6.12. The summed E-state index contributed by atoms with van der Waals surface area (Å²) in [6, 6.07) is 11.2. The number of anilines is 1. The molecule has 0 saturated heterocycles. The van der Waals surface area contributed by atoms with E-state index in [1.165, 1.54) is 22.0 Å². The fourth-order valence-corrected chi connectivity index (χ4v) is 6.13. The zero-order valence-corrected chi connectivity index (χ0v) is 17.8. The summed E-state index contributed by atoms with van der Waals surface area (Å²) >= 11 is 0. The Bertz CT molecular complexity index is 1060. The van der Waals surface area contributed by atoms with E-state index in [0.717, 1.165) is 31.2 Å². The van der Waals surface area contributed by atoms with Crippen molar-refractivity contribution in [1.29, 1.82) is 0 Å². The Morgan fingerprint density at radius 3 is 2.21 bits per heavy atom. The van der Waals surface area contributed by atoms with Crippen molar-refractivity contribution < 1.29 is 16.8 Å². The summed E-state index contributed by atoms with van der Waals surface area (Å²) in [6.07, 6.45) is 4.06. The molecule has 0 amide bonds. The number of fused-ring (bicyclic) bond motifs is 1. The maximum atomic E-state index is 12.8. The molecule has 0 aromatic heterocycles. The first kappa shape index (κ1) is 20.8. The first-order valence-corrected chi connectivity index (χ1v) is 12.4. The van der Waals surface area contributed by atoms with Gasteiger partial charge in [0.15, 0.2) is 0 Å². The molecule has 0 bridgehead atoms. The quantitative estimate of drug-likeness (QED) is 0.741. The topological polar surface area (TPSA) is 83.6 Å². The number of nitrogens with zero attached hydrogens (tertiary/aromatic N) is 1. The minimum Gasteiger partial charge on any atom is -0.280 e. The molecule has 0 spiro atoms. The van der Waals surface area contributed by atoms with Gasteiger partial charge in [0.1, 0.15) is 0 Å². The fourth-order valence-electron chi connectivity index (χ4n) is 3.52. The van der Waals surface area contributed by atoms with Gasteiger partial charge in [-0.25, -0.2) is 16.8 Å². The minimum absolute atomic E-state index is 0.0711. The molecule has 28 heavy (non-hydrogen) atoms. The highest BCUT2D eigenvalue weighted by Crippen LogP contribution is 2.26. The second kappa shape index (κ2) is 8.23. The average molecular weight is 423 g/mol. The maximum absolute atomic E-state index is 12.8. The van der Waals surface area contributed by atoms with E-state index in [1.54, 1.807) is 38.1 Å². The molecule has 152 valence electrons. The molecule has 0 unspecified atom stereocenters. The number of hydrogen-bond acceptors (Lipinski definition) is 4. The predicted octanol–water partition coefficient (Wildman–Crippen LogP) is 3.40. The van der Waals surface area contributed by atoms with Crippen molar-refractivity contribution in [2.75, 3.05) is 17.8 Å². The van der Waals surface area contributed by atoms with Crippen LogP contribution < -0.4 is 4.72 Å². The van der Waals surface area contributed by atoms with Crippen LogP contribution in [0.25, 0.3) is 0 Å². The molecule has 1 aliphatic rings. The van der Waals surface area contributed by atoms with Crippen LogP contribution in [0, 0.1) is 0 Å². The number of nitrogens with one attached hydrogen (secondary N) is 1. The number of benzene rings is 2. The van der Waals surface area contributed by atoms with Crippen LogP contribution >= 0.6 is 0 Å². The molecule has 2 aromatic carbocycles. The second-order valence-corrected chi connectivity index (χ2v) is 10.5. The molecule has 0 aliphatic heterocycles. The van der Waals surface area contributed by atoms with Crippen LogP contribution in [0.5, 0.6) is 0 Å². The second-order valence-electron chi connectivity index (χ2n) is 6.86. The summed E-state index contributed by atoms with van der Waals surface area (Å²) in [4.78, 5) is 0.270. The van der Waals surface area contributed by atoms with E-state index in [2.05, 4.69) is 4.72 Å². The Hall–Kier alpha value is -1.90. The Morgan fingerprint density at radius 1 is 0.857 bits per heavy atom. The largest absolute Gasteiger partial charge is 0.280 e. The van der Waals surface area contributed by atoms with Gasteiger partial charge in [0.05, 0.1) is 15.5 Å². The van der Waals surface area contributed by atoms with E-state index in [4.69, 9.17) is 0 Å². The van der Waals surface area contributed by atoms with E-state index in [0.29, 0.717) is 13.1 Å². The highest BCUT2D eigenvalue weighted by molar-refractivity contribution is 7.92. The van der Waals surface area contributed by atoms with E-state index >= 15 is 0 Å². The fraction of sp³-hybridized carbons (Fsp3) is 0.400. The molecule has 1 N–H and O–H groups in total. The highest BCUT2D eigenvalue weighted by atomic mass is 32.2. The summed E-state index contributed by atoms with van der Waals surface area (Å²) in [7, 11) is -7.46. The van der Waals surface area contributed by atoms with Gasteiger partial charge in [-0.05, 0) is 67.1 Å². The van der Waals surface area contributed by atoms with Crippen LogP contribution in [0.1, 0.15) is 37.8 Å². The van der Waals surface area contributed by atoms with E-state index in [-0.39, 0.29) is 15.5 Å². The zero-order valence-electron chi connectivity index (χ0n) is 16.2. The van der Waals surface area contributed by atoms with Gasteiger partial charge in [0.25, 0.3) is 10.0 Å². The van der Waals surface area contributed by atoms with Crippen LogP contribution in [0.15, 0.2) is 52.3 Å². The molecule has 0 atom stereocenters. The molecule has 3 rings (SSSR count). The van der Waals surface area contributed by atoms with Crippen molar-refractivity contribution in [3.63, 3.8) is 0 Å². The lowest BCUT2D eigenvalue weighted by Gasteiger charge is -2.19. The van der Waals surface area contributed by atoms with Crippen molar-refractivity contribution >= 4 is 25.7 Å². The number of sulfonamides is 2. The smallest absolute Gasteiger partial charge is 0.261 e. The first-order chi connectivity index (χ1) is 13.3. The molecule has 6 nitrogen and oxygen atoms in total. The third kappa shape index (κ3) is 4.24. The zero-order chi connectivity index (χ0) is 20.4. The molecule has 8 heteroatoms. The maximum Gasteiger partial charge on any atom is 0.261 e. The lowest BCUT2D eigenvalue weighted by Crippen LogP contribution is -2.30. The van der Waals surface area contributed by atoms with Crippen molar-refractivity contribution in [2.24, 2.45) is 0 Å². The summed E-state index contributed by atoms with van der Waals surface area (Å²) in [5.74, 6) is 0. The van der Waals surface area contributed by atoms with Gasteiger partial charge in [-0.15, -0.1) is 0 Å². The lowest BCUT2D eigenvalue weighted by molar-refractivity contribution is 0.445. The number of aryl methyl sites for hydroxylation is 2. The average Bonchev–Trinajstić information content (AvgIpc) is 2.68. The lowest BCUT2D eigenvalue weighted by atomic mass is 9.92. The molecular formula is C20H26N2O4S2. The summed E-state index contributed by atoms with van der Waals surface area (Å²) in [6.45, 7) is 4.24. The van der Waals surface area contributed by atoms with E-state index < -0.39 is 20.0 Å². The Balaban J connectivity index is 1.89. The van der Waals surface area contributed by atoms with Crippen LogP contribution in [0.2, 0.25) is 0 Å². The summed E-state index contributed by atoms with van der Waals surface area (Å²) in [5, 5.41) is 0. The van der Waals surface area contributed by atoms with Crippen molar-refractivity contribution in [3.8, 4) is 0 Å². The van der Waals surface area contributed by atoms with Gasteiger partial charge in [-0.1, -0.05) is 26.0 Å². The van der Waals surface area contributed by atoms with E-state index in [9.17, 15) is 16.8 Å². The van der Waals surface area contributed by atoms with Crippen LogP contribution in [0.3, 0.4) is 0 Å². The third-order valence-electron chi connectivity index (χ3n) is 5.06. The standard InChI is InChI=1S/C20H26N2O4S2/c1-3-22(4-2)28(25,26)20-11-7-10-18(15-20)21-27(23,24)19-13-12-16-8-5-6-9-17(16)14-19/h7,10-15,21H,3-6,8-9H2,1-2H3. The molecule has 1 aliphatic carbocycles. The molecule has 0 heterocycles. The minimum atomic E-state index is -3.80. The highest BCUT2D eigenvalue weighted by Gasteiger charge is 2.23. The normalized spacial score (nSPS) is 14.7. The van der Waals surface area contributed by atoms with Crippen molar-refractivity contribution in [1.82, 2.24) is 4.31 Å². The van der Waals surface area contributed by atoms with Gasteiger partial charge < -0.3 is 0 Å². The SMILES string of the molecule is CCN(CC)S(=O)(=O)c1cccc(NS(=O)(=O)c2ccc3c(c2)CCCC3)c1. The molecule has 0 saturated carbocycles. The monoisotopic (exact) mass is 422 g/mol. The van der Waals surface area contributed by atoms with E-state index in [1.807, 2.05) is 6.07 Å². The van der Waals surface area contributed by atoms with Gasteiger partial charge in [-0.2, -0.15) is 4.31 Å². The van der Waals surface area contributed by atoms with Gasteiger partial charge >= 0.3 is 0 Å². The summed E-state index contributed by atoms with van der Waals surface area (Å²) < 4.78 is 54.9. The van der Waals surface area contributed by atoms with Gasteiger partial charge in [0.2, 0.25) is 10.0 Å². The molecular weight excluding hydrogens is 396 g/mol. The van der Waals surface area contributed by atoms with Gasteiger partial charge in [-0.3, -0.25) is 4.72 Å². The Morgan fingerprint density at radius 2 is 1.54 bits per heavy atom. The van der Waals surface area contributed by atoms with Gasteiger partial charge in [0, 0.05) is 13.1 Å². The van der Waals surface area contributed by atoms with Crippen LogP contribution in [-0.4, -0.2) is 34.2 Å². The predicted molar refractivity (Wildman–Crippen MR) is 110 cm³/mol. The Labute approximate surface area is 167 Å². The first-order valence-electron chi connectivity index (χ1n) is 9.52. The third-order valence-corrected chi connectivity index (χ3v) is 8.48. The molecule has 2 aromatic rings. The number of hydrogen-bond donors (Lipinski definition) is 1. The molecule has 0 fully saturated rings.